The maximum absolute atomic E-state index is 4.11. The standard InChI is InChI=1S/C12H23N/c1-6-9-10(4)11(7-2)12(8-3)13-5/h6,9,11-13H,4,7-8H2,1-3,5H3/b9-6-. The van der Waals surface area contributed by atoms with Gasteiger partial charge in [0.1, 0.15) is 0 Å². The summed E-state index contributed by atoms with van der Waals surface area (Å²) in [5.41, 5.74) is 1.24. The summed E-state index contributed by atoms with van der Waals surface area (Å²) in [5.74, 6) is 0.575. The minimum Gasteiger partial charge on any atom is -0.316 e. The van der Waals surface area contributed by atoms with E-state index in [0.29, 0.717) is 12.0 Å². The van der Waals surface area contributed by atoms with E-state index in [-0.39, 0.29) is 0 Å². The smallest absolute Gasteiger partial charge is 0.0130 e. The summed E-state index contributed by atoms with van der Waals surface area (Å²) in [7, 11) is 2.03. The normalized spacial score (nSPS) is 16.0. The molecule has 2 unspecified atom stereocenters. The Balaban J connectivity index is 4.38. The van der Waals surface area contributed by atoms with Crippen LogP contribution in [0.15, 0.2) is 24.3 Å². The Kier molecular flexibility index (Phi) is 6.61. The summed E-state index contributed by atoms with van der Waals surface area (Å²) in [4.78, 5) is 0. The van der Waals surface area contributed by atoms with E-state index >= 15 is 0 Å². The molecule has 0 aliphatic carbocycles. The highest BCUT2D eigenvalue weighted by Gasteiger charge is 2.17. The van der Waals surface area contributed by atoms with E-state index in [9.17, 15) is 0 Å². The van der Waals surface area contributed by atoms with E-state index in [1.165, 1.54) is 5.57 Å². The van der Waals surface area contributed by atoms with Crippen LogP contribution >= 0.6 is 0 Å². The van der Waals surface area contributed by atoms with Crippen molar-refractivity contribution in [2.45, 2.75) is 39.7 Å². The fourth-order valence-corrected chi connectivity index (χ4v) is 1.83. The minimum absolute atomic E-state index is 0.564. The molecule has 2 atom stereocenters. The number of hydrogen-bond donors (Lipinski definition) is 1. The van der Waals surface area contributed by atoms with E-state index < -0.39 is 0 Å². The van der Waals surface area contributed by atoms with E-state index in [1.54, 1.807) is 0 Å². The van der Waals surface area contributed by atoms with Crippen LogP contribution in [0, 0.1) is 5.92 Å². The van der Waals surface area contributed by atoms with Crippen LogP contribution in [0.2, 0.25) is 0 Å². The minimum atomic E-state index is 0.564. The van der Waals surface area contributed by atoms with Crippen LogP contribution in [0.4, 0.5) is 0 Å². The molecule has 1 heteroatoms. The second-order valence-corrected chi connectivity index (χ2v) is 3.39. The van der Waals surface area contributed by atoms with E-state index in [2.05, 4.69) is 37.9 Å². The van der Waals surface area contributed by atoms with Crippen LogP contribution < -0.4 is 5.32 Å². The lowest BCUT2D eigenvalue weighted by Gasteiger charge is -2.25. The molecule has 0 bridgehead atoms. The highest BCUT2D eigenvalue weighted by molar-refractivity contribution is 5.19. The number of rotatable bonds is 6. The van der Waals surface area contributed by atoms with Crippen molar-refractivity contribution in [1.29, 1.82) is 0 Å². The van der Waals surface area contributed by atoms with Crippen molar-refractivity contribution < 1.29 is 0 Å². The molecule has 0 radical (unpaired) electrons. The largest absolute Gasteiger partial charge is 0.316 e. The van der Waals surface area contributed by atoms with E-state index in [1.807, 2.05) is 14.0 Å². The van der Waals surface area contributed by atoms with Crippen molar-refractivity contribution >= 4 is 0 Å². The summed E-state index contributed by atoms with van der Waals surface area (Å²) in [6, 6.07) is 0.564. The van der Waals surface area contributed by atoms with Gasteiger partial charge in [-0.05, 0) is 32.7 Å². The van der Waals surface area contributed by atoms with Gasteiger partial charge in [0.25, 0.3) is 0 Å². The lowest BCUT2D eigenvalue weighted by molar-refractivity contribution is 0.404. The highest BCUT2D eigenvalue weighted by atomic mass is 14.9. The van der Waals surface area contributed by atoms with Crippen molar-refractivity contribution in [3.05, 3.63) is 24.3 Å². The average Bonchev–Trinajstić information content (AvgIpc) is 2.14. The molecule has 0 aliphatic heterocycles. The number of nitrogens with one attached hydrogen (secondary N) is 1. The van der Waals surface area contributed by atoms with E-state index in [0.717, 1.165) is 12.8 Å². The van der Waals surface area contributed by atoms with Crippen LogP contribution in [0.3, 0.4) is 0 Å². The van der Waals surface area contributed by atoms with Crippen LogP contribution in [-0.4, -0.2) is 13.1 Å². The molecule has 0 aromatic carbocycles. The molecule has 1 nitrogen and oxygen atoms in total. The van der Waals surface area contributed by atoms with Crippen LogP contribution in [0.5, 0.6) is 0 Å². The first-order valence-corrected chi connectivity index (χ1v) is 5.19. The molecule has 0 heterocycles. The predicted octanol–water partition coefficient (Wildman–Crippen LogP) is 3.14. The van der Waals surface area contributed by atoms with Gasteiger partial charge in [0.05, 0.1) is 0 Å². The molecule has 13 heavy (non-hydrogen) atoms. The van der Waals surface area contributed by atoms with Crippen molar-refractivity contribution in [2.24, 2.45) is 5.92 Å². The topological polar surface area (TPSA) is 12.0 Å². The first kappa shape index (κ1) is 12.4. The summed E-state index contributed by atoms with van der Waals surface area (Å²) in [5, 5.41) is 3.35. The third-order valence-electron chi connectivity index (χ3n) is 2.59. The zero-order valence-electron chi connectivity index (χ0n) is 9.43. The van der Waals surface area contributed by atoms with Crippen molar-refractivity contribution in [3.63, 3.8) is 0 Å². The van der Waals surface area contributed by atoms with Gasteiger partial charge in [0.2, 0.25) is 0 Å². The lowest BCUT2D eigenvalue weighted by Crippen LogP contribution is -2.33. The molecule has 0 amide bonds. The number of allylic oxidation sites excluding steroid dienone is 2. The van der Waals surface area contributed by atoms with Crippen LogP contribution in [-0.2, 0) is 0 Å². The van der Waals surface area contributed by atoms with Crippen molar-refractivity contribution in [2.75, 3.05) is 7.05 Å². The zero-order chi connectivity index (χ0) is 10.3. The molecule has 0 saturated carbocycles. The summed E-state index contributed by atoms with van der Waals surface area (Å²) >= 11 is 0. The third kappa shape index (κ3) is 3.77. The van der Waals surface area contributed by atoms with Gasteiger partial charge in [-0.25, -0.2) is 0 Å². The second kappa shape index (κ2) is 6.90. The Morgan fingerprint density at radius 3 is 2.31 bits per heavy atom. The maximum Gasteiger partial charge on any atom is 0.0130 e. The summed E-state index contributed by atoms with van der Waals surface area (Å²) in [6.07, 6.45) is 6.50. The molecule has 76 valence electrons. The van der Waals surface area contributed by atoms with Crippen LogP contribution in [0.25, 0.3) is 0 Å². The van der Waals surface area contributed by atoms with Crippen molar-refractivity contribution in [3.8, 4) is 0 Å². The SMILES string of the molecule is C=C(/C=C\C)C(CC)C(CC)NC. The monoisotopic (exact) mass is 181 g/mol. The number of hydrogen-bond acceptors (Lipinski definition) is 1. The molecule has 0 rings (SSSR count). The molecule has 0 aromatic rings. The fourth-order valence-electron chi connectivity index (χ4n) is 1.83. The van der Waals surface area contributed by atoms with Gasteiger partial charge in [-0.1, -0.05) is 38.2 Å². The Labute approximate surface area is 82.9 Å². The fraction of sp³-hybridized carbons (Fsp3) is 0.667. The Hall–Kier alpha value is -0.560. The predicted molar refractivity (Wildman–Crippen MR) is 60.9 cm³/mol. The molecular weight excluding hydrogens is 158 g/mol. The van der Waals surface area contributed by atoms with Gasteiger partial charge in [-0.3, -0.25) is 0 Å². The van der Waals surface area contributed by atoms with Gasteiger partial charge in [0.15, 0.2) is 0 Å². The molecule has 0 fully saturated rings. The van der Waals surface area contributed by atoms with Gasteiger partial charge in [-0.2, -0.15) is 0 Å². The van der Waals surface area contributed by atoms with Gasteiger partial charge < -0.3 is 5.32 Å². The molecular formula is C12H23N. The average molecular weight is 181 g/mol. The van der Waals surface area contributed by atoms with Crippen molar-refractivity contribution in [1.82, 2.24) is 5.32 Å². The van der Waals surface area contributed by atoms with Gasteiger partial charge in [0, 0.05) is 6.04 Å². The molecule has 0 aliphatic rings. The first-order valence-electron chi connectivity index (χ1n) is 5.19. The third-order valence-corrected chi connectivity index (χ3v) is 2.59. The quantitative estimate of drug-likeness (QED) is 0.621. The summed E-state index contributed by atoms with van der Waals surface area (Å²) in [6.45, 7) is 10.6. The van der Waals surface area contributed by atoms with Gasteiger partial charge in [-0.15, -0.1) is 0 Å². The molecule has 0 aromatic heterocycles. The van der Waals surface area contributed by atoms with E-state index in [4.69, 9.17) is 0 Å². The van der Waals surface area contributed by atoms with Gasteiger partial charge >= 0.3 is 0 Å². The zero-order valence-corrected chi connectivity index (χ0v) is 9.43. The summed E-state index contributed by atoms with van der Waals surface area (Å²) < 4.78 is 0. The van der Waals surface area contributed by atoms with Crippen LogP contribution in [0.1, 0.15) is 33.6 Å². The molecule has 0 spiro atoms. The maximum atomic E-state index is 4.11. The highest BCUT2D eigenvalue weighted by Crippen LogP contribution is 2.20. The lowest BCUT2D eigenvalue weighted by atomic mass is 9.88. The Bertz CT molecular complexity index is 166. The Morgan fingerprint density at radius 2 is 2.00 bits per heavy atom. The molecule has 0 saturated heterocycles. The Morgan fingerprint density at radius 1 is 1.38 bits per heavy atom. The first-order chi connectivity index (χ1) is 6.21. The molecule has 1 N–H and O–H groups in total. The second-order valence-electron chi connectivity index (χ2n) is 3.39.